The molecular weight excluding hydrogens is 250 g/mol. The third-order valence-corrected chi connectivity index (χ3v) is 4.03. The monoisotopic (exact) mass is 275 g/mol. The van der Waals surface area contributed by atoms with Crippen molar-refractivity contribution in [2.24, 2.45) is 5.92 Å². The lowest BCUT2D eigenvalue weighted by atomic mass is 9.98. The van der Waals surface area contributed by atoms with Crippen LogP contribution in [0.25, 0.3) is 0 Å². The molecule has 2 atom stereocenters. The first-order valence-electron chi connectivity index (χ1n) is 7.48. The minimum Gasteiger partial charge on any atom is -0.397 e. The van der Waals surface area contributed by atoms with Crippen molar-refractivity contribution in [3.63, 3.8) is 0 Å². The van der Waals surface area contributed by atoms with Gasteiger partial charge in [0.15, 0.2) is 0 Å². The predicted octanol–water partition coefficient (Wildman–Crippen LogP) is 3.39. The van der Waals surface area contributed by atoms with Gasteiger partial charge in [0.2, 0.25) is 5.91 Å². The summed E-state index contributed by atoms with van der Waals surface area (Å²) in [5.74, 6) is 0.776. The maximum atomic E-state index is 11.4. The molecule has 2 rings (SSSR count). The number of carbonyl (C=O) groups excluding carboxylic acids is 1. The highest BCUT2D eigenvalue weighted by Crippen LogP contribution is 2.31. The average Bonchev–Trinajstić information content (AvgIpc) is 2.39. The Bertz CT molecular complexity index is 499. The average molecular weight is 275 g/mol. The summed E-state index contributed by atoms with van der Waals surface area (Å²) in [5, 5.41) is 6.37. The molecule has 4 N–H and O–H groups in total. The standard InChI is InChI=1S/C16H25N3O/c1-4-10(2)7-11(3)18-15-8-12-5-6-16(20)19-14(12)9-13(15)17/h8-11,18H,4-7,17H2,1-3H3,(H,19,20). The number of hydrogen-bond acceptors (Lipinski definition) is 3. The van der Waals surface area contributed by atoms with Crippen molar-refractivity contribution in [2.45, 2.75) is 52.5 Å². The summed E-state index contributed by atoms with van der Waals surface area (Å²) in [7, 11) is 0. The van der Waals surface area contributed by atoms with Crippen LogP contribution in [0.4, 0.5) is 17.1 Å². The number of aryl methyl sites for hydroxylation is 1. The lowest BCUT2D eigenvalue weighted by Crippen LogP contribution is -2.22. The molecule has 2 unspecified atom stereocenters. The van der Waals surface area contributed by atoms with Gasteiger partial charge in [-0.25, -0.2) is 0 Å². The number of nitrogens with one attached hydrogen (secondary N) is 2. The second-order valence-corrected chi connectivity index (χ2v) is 5.94. The number of carbonyl (C=O) groups is 1. The molecule has 20 heavy (non-hydrogen) atoms. The molecule has 1 aromatic carbocycles. The van der Waals surface area contributed by atoms with Crippen LogP contribution in [0.3, 0.4) is 0 Å². The van der Waals surface area contributed by atoms with Gasteiger partial charge in [-0.1, -0.05) is 20.3 Å². The molecule has 1 heterocycles. The lowest BCUT2D eigenvalue weighted by molar-refractivity contribution is -0.116. The normalized spacial score (nSPS) is 17.1. The fraction of sp³-hybridized carbons (Fsp3) is 0.562. The van der Waals surface area contributed by atoms with Crippen LogP contribution in [0.1, 0.15) is 45.6 Å². The molecule has 0 fully saturated rings. The number of fused-ring (bicyclic) bond motifs is 1. The summed E-state index contributed by atoms with van der Waals surface area (Å²) in [6, 6.07) is 4.34. The van der Waals surface area contributed by atoms with E-state index in [-0.39, 0.29) is 5.91 Å². The third kappa shape index (κ3) is 3.44. The number of hydrogen-bond donors (Lipinski definition) is 3. The summed E-state index contributed by atoms with van der Waals surface area (Å²) in [6.07, 6.45) is 3.66. The van der Waals surface area contributed by atoms with Gasteiger partial charge in [-0.2, -0.15) is 0 Å². The van der Waals surface area contributed by atoms with E-state index < -0.39 is 0 Å². The quantitative estimate of drug-likeness (QED) is 0.722. The number of nitrogen functional groups attached to an aromatic ring is 1. The fourth-order valence-electron chi connectivity index (χ4n) is 2.66. The Balaban J connectivity index is 2.11. The highest BCUT2D eigenvalue weighted by molar-refractivity contribution is 5.95. The Morgan fingerprint density at radius 2 is 2.10 bits per heavy atom. The molecule has 1 amide bonds. The van der Waals surface area contributed by atoms with Crippen LogP contribution in [-0.4, -0.2) is 11.9 Å². The Kier molecular flexibility index (Phi) is 4.53. The van der Waals surface area contributed by atoms with Crippen LogP contribution < -0.4 is 16.4 Å². The van der Waals surface area contributed by atoms with Crippen LogP contribution in [-0.2, 0) is 11.2 Å². The van der Waals surface area contributed by atoms with Gasteiger partial charge in [-0.3, -0.25) is 4.79 Å². The van der Waals surface area contributed by atoms with Gasteiger partial charge in [0.25, 0.3) is 0 Å². The maximum absolute atomic E-state index is 11.4. The van der Waals surface area contributed by atoms with E-state index in [2.05, 4.69) is 37.5 Å². The number of rotatable bonds is 5. The fourth-order valence-corrected chi connectivity index (χ4v) is 2.66. The molecule has 1 aliphatic rings. The van der Waals surface area contributed by atoms with Gasteiger partial charge in [-0.05, 0) is 43.4 Å². The Labute approximate surface area is 121 Å². The minimum atomic E-state index is 0.0720. The first-order valence-corrected chi connectivity index (χ1v) is 7.48. The van der Waals surface area contributed by atoms with E-state index in [9.17, 15) is 4.79 Å². The van der Waals surface area contributed by atoms with Gasteiger partial charge in [0, 0.05) is 18.2 Å². The Morgan fingerprint density at radius 3 is 2.80 bits per heavy atom. The maximum Gasteiger partial charge on any atom is 0.224 e. The van der Waals surface area contributed by atoms with Crippen molar-refractivity contribution in [1.29, 1.82) is 0 Å². The van der Waals surface area contributed by atoms with Crippen LogP contribution in [0, 0.1) is 5.92 Å². The van der Waals surface area contributed by atoms with E-state index in [1.54, 1.807) is 0 Å². The SMILES string of the molecule is CCC(C)CC(C)Nc1cc2c(cc1N)NC(=O)CC2. The molecule has 4 nitrogen and oxygen atoms in total. The van der Waals surface area contributed by atoms with Crippen molar-refractivity contribution in [3.05, 3.63) is 17.7 Å². The van der Waals surface area contributed by atoms with E-state index in [4.69, 9.17) is 5.73 Å². The molecule has 0 aliphatic carbocycles. The molecule has 1 aliphatic heterocycles. The highest BCUT2D eigenvalue weighted by atomic mass is 16.1. The summed E-state index contributed by atoms with van der Waals surface area (Å²) in [6.45, 7) is 6.67. The summed E-state index contributed by atoms with van der Waals surface area (Å²) < 4.78 is 0. The van der Waals surface area contributed by atoms with Crippen molar-refractivity contribution in [1.82, 2.24) is 0 Å². The Hall–Kier alpha value is -1.71. The number of amides is 1. The van der Waals surface area contributed by atoms with E-state index >= 15 is 0 Å². The largest absolute Gasteiger partial charge is 0.397 e. The topological polar surface area (TPSA) is 67.2 Å². The molecular formula is C16H25N3O. The second-order valence-electron chi connectivity index (χ2n) is 5.94. The highest BCUT2D eigenvalue weighted by Gasteiger charge is 2.17. The Morgan fingerprint density at radius 1 is 1.35 bits per heavy atom. The molecule has 0 radical (unpaired) electrons. The zero-order valence-corrected chi connectivity index (χ0v) is 12.6. The van der Waals surface area contributed by atoms with Crippen molar-refractivity contribution in [2.75, 3.05) is 16.4 Å². The van der Waals surface area contributed by atoms with Gasteiger partial charge in [0.1, 0.15) is 0 Å². The van der Waals surface area contributed by atoms with Crippen LogP contribution in [0.2, 0.25) is 0 Å². The van der Waals surface area contributed by atoms with E-state index in [0.29, 0.717) is 24.1 Å². The summed E-state index contributed by atoms with van der Waals surface area (Å²) in [4.78, 5) is 11.4. The van der Waals surface area contributed by atoms with Crippen molar-refractivity contribution < 1.29 is 4.79 Å². The molecule has 0 spiro atoms. The number of nitrogens with two attached hydrogens (primary N) is 1. The zero-order valence-electron chi connectivity index (χ0n) is 12.6. The van der Waals surface area contributed by atoms with Crippen molar-refractivity contribution >= 4 is 23.0 Å². The van der Waals surface area contributed by atoms with Crippen molar-refractivity contribution in [3.8, 4) is 0 Å². The van der Waals surface area contributed by atoms with Gasteiger partial charge in [-0.15, -0.1) is 0 Å². The van der Waals surface area contributed by atoms with Gasteiger partial charge >= 0.3 is 0 Å². The van der Waals surface area contributed by atoms with E-state index in [1.807, 2.05) is 6.07 Å². The first kappa shape index (κ1) is 14.7. The molecule has 0 saturated heterocycles. The number of benzene rings is 1. The minimum absolute atomic E-state index is 0.0720. The second kappa shape index (κ2) is 6.16. The van der Waals surface area contributed by atoms with Crippen LogP contribution in [0.15, 0.2) is 12.1 Å². The molecule has 0 aromatic heterocycles. The smallest absolute Gasteiger partial charge is 0.224 e. The zero-order chi connectivity index (χ0) is 14.7. The summed E-state index contributed by atoms with van der Waals surface area (Å²) in [5.41, 5.74) is 9.79. The molecule has 110 valence electrons. The van der Waals surface area contributed by atoms with Gasteiger partial charge in [0.05, 0.1) is 11.4 Å². The van der Waals surface area contributed by atoms with E-state index in [0.717, 1.165) is 29.8 Å². The molecule has 4 heteroatoms. The summed E-state index contributed by atoms with van der Waals surface area (Å²) >= 11 is 0. The van der Waals surface area contributed by atoms with Crippen LogP contribution >= 0.6 is 0 Å². The van der Waals surface area contributed by atoms with Gasteiger partial charge < -0.3 is 16.4 Å². The predicted molar refractivity (Wildman–Crippen MR) is 85.0 cm³/mol. The first-order chi connectivity index (χ1) is 9.49. The molecule has 0 saturated carbocycles. The lowest BCUT2D eigenvalue weighted by Gasteiger charge is -2.23. The third-order valence-electron chi connectivity index (χ3n) is 4.03. The molecule has 1 aromatic rings. The number of anilines is 3. The van der Waals surface area contributed by atoms with E-state index in [1.165, 1.54) is 6.42 Å². The van der Waals surface area contributed by atoms with Crippen LogP contribution in [0.5, 0.6) is 0 Å². The molecule has 0 bridgehead atoms.